The molecule has 0 radical (unpaired) electrons. The predicted octanol–water partition coefficient (Wildman–Crippen LogP) is 0.693. The molecule has 2 aliphatic heterocycles. The highest BCUT2D eigenvalue weighted by atomic mass is 35.5. The van der Waals surface area contributed by atoms with E-state index in [2.05, 4.69) is 30.2 Å². The van der Waals surface area contributed by atoms with Gasteiger partial charge in [-0.3, -0.25) is 15.1 Å². The number of hydrogen-bond acceptors (Lipinski definition) is 4. The van der Waals surface area contributed by atoms with Crippen molar-refractivity contribution in [3.8, 4) is 0 Å². The van der Waals surface area contributed by atoms with Crippen LogP contribution < -0.4 is 5.43 Å². The Morgan fingerprint density at radius 2 is 1.95 bits per heavy atom. The summed E-state index contributed by atoms with van der Waals surface area (Å²) in [6.07, 6.45) is 0. The van der Waals surface area contributed by atoms with Crippen LogP contribution in [0.25, 0.3) is 0 Å². The number of nitrogens with one attached hydrogen (secondary N) is 1. The van der Waals surface area contributed by atoms with E-state index in [9.17, 15) is 9.59 Å². The lowest BCUT2D eigenvalue weighted by Crippen LogP contribution is -2.76. The molecule has 1 saturated heterocycles. The number of imide groups is 1. The minimum Gasteiger partial charge on any atom is -0.313 e. The van der Waals surface area contributed by atoms with Crippen LogP contribution in [0.15, 0.2) is 5.10 Å². The topological polar surface area (TPSA) is 65.0 Å². The Kier molecular flexibility index (Phi) is 3.17. The van der Waals surface area contributed by atoms with Gasteiger partial charge in [0, 0.05) is 14.1 Å². The average molecular weight is 303 g/mol. The molecule has 19 heavy (non-hydrogen) atoms. The quantitative estimate of drug-likeness (QED) is 0.603. The Labute approximate surface area is 118 Å². The zero-order valence-corrected chi connectivity index (χ0v) is 13.6. The largest absolute Gasteiger partial charge is 0.327 e. The van der Waals surface area contributed by atoms with E-state index >= 15 is 0 Å². The molecule has 3 amide bonds. The van der Waals surface area contributed by atoms with Crippen molar-refractivity contribution < 1.29 is 9.59 Å². The molecule has 2 heterocycles. The van der Waals surface area contributed by atoms with Gasteiger partial charge in [0.1, 0.15) is 13.6 Å². The Morgan fingerprint density at radius 3 is 2.42 bits per heavy atom. The maximum absolute atomic E-state index is 12.3. The summed E-state index contributed by atoms with van der Waals surface area (Å²) in [4.78, 5) is 27.2. The van der Waals surface area contributed by atoms with Crippen LogP contribution in [-0.2, 0) is 4.79 Å². The van der Waals surface area contributed by atoms with E-state index in [1.165, 1.54) is 7.05 Å². The summed E-state index contributed by atoms with van der Waals surface area (Å²) in [6, 6.07) is -0.920. The second-order valence-corrected chi connectivity index (χ2v) is 11.3. The first-order valence-electron chi connectivity index (χ1n) is 6.13. The fourth-order valence-electron chi connectivity index (χ4n) is 2.81. The molecule has 1 N–H and O–H groups in total. The SMILES string of the molecule is CN1C(=O)[C@H]2NN=C([Si](C)(C)C)[C@@]2(CCl)N(C)C1=O. The molecule has 2 aliphatic rings. The Bertz CT molecular complexity index is 476. The van der Waals surface area contributed by atoms with Gasteiger partial charge >= 0.3 is 6.03 Å². The zero-order chi connectivity index (χ0) is 14.6. The van der Waals surface area contributed by atoms with E-state index in [0.717, 1.165) is 10.2 Å². The molecule has 2 atom stereocenters. The fraction of sp³-hybridized carbons (Fsp3) is 0.727. The fourth-order valence-corrected chi connectivity index (χ4v) is 5.48. The number of halogens is 1. The minimum atomic E-state index is -1.81. The summed E-state index contributed by atoms with van der Waals surface area (Å²) in [6.45, 7) is 6.39. The number of hydrazone groups is 1. The smallest absolute Gasteiger partial charge is 0.313 e. The zero-order valence-electron chi connectivity index (χ0n) is 11.8. The van der Waals surface area contributed by atoms with E-state index in [4.69, 9.17) is 11.6 Å². The number of amides is 3. The molecule has 8 heteroatoms. The number of carbonyl (C=O) groups excluding carboxylic acids is 2. The summed E-state index contributed by atoms with van der Waals surface area (Å²) < 4.78 is 0. The van der Waals surface area contributed by atoms with Crippen molar-refractivity contribution in [2.45, 2.75) is 31.2 Å². The summed E-state index contributed by atoms with van der Waals surface area (Å²) in [5, 5.41) is 5.24. The van der Waals surface area contributed by atoms with E-state index in [-0.39, 0.29) is 17.8 Å². The van der Waals surface area contributed by atoms with Crippen molar-refractivity contribution in [3.63, 3.8) is 0 Å². The molecular weight excluding hydrogens is 284 g/mol. The molecule has 1 fully saturated rings. The van der Waals surface area contributed by atoms with Crippen molar-refractivity contribution in [1.29, 1.82) is 0 Å². The number of likely N-dealkylation sites (N-methyl/N-ethyl adjacent to an activating group) is 2. The summed E-state index contributed by atoms with van der Waals surface area (Å²) in [5.41, 5.74) is 2.06. The molecule has 2 rings (SSSR count). The van der Waals surface area contributed by atoms with Crippen molar-refractivity contribution in [2.24, 2.45) is 5.10 Å². The van der Waals surface area contributed by atoms with Crippen molar-refractivity contribution in [2.75, 3.05) is 20.0 Å². The highest BCUT2D eigenvalue weighted by Crippen LogP contribution is 2.35. The van der Waals surface area contributed by atoms with Gasteiger partial charge in [0.15, 0.2) is 6.04 Å². The number of nitrogens with zero attached hydrogens (tertiary/aromatic N) is 3. The number of urea groups is 1. The van der Waals surface area contributed by atoms with Gasteiger partial charge < -0.3 is 4.90 Å². The first kappa shape index (κ1) is 14.3. The highest BCUT2D eigenvalue weighted by Gasteiger charge is 2.62. The summed E-state index contributed by atoms with van der Waals surface area (Å²) in [7, 11) is 1.35. The third-order valence-corrected chi connectivity index (χ3v) is 6.23. The number of rotatable bonds is 2. The first-order valence-corrected chi connectivity index (χ1v) is 10.2. The number of fused-ring (bicyclic) bond motifs is 1. The molecule has 0 spiro atoms. The third-order valence-electron chi connectivity index (χ3n) is 3.86. The normalized spacial score (nSPS) is 31.3. The van der Waals surface area contributed by atoms with Crippen LogP contribution in [0.3, 0.4) is 0 Å². The van der Waals surface area contributed by atoms with Crippen molar-refractivity contribution in [3.05, 3.63) is 0 Å². The number of hydrogen-bond donors (Lipinski definition) is 1. The monoisotopic (exact) mass is 302 g/mol. The van der Waals surface area contributed by atoms with E-state index in [1.807, 2.05) is 0 Å². The van der Waals surface area contributed by atoms with Gasteiger partial charge in [0.05, 0.1) is 11.2 Å². The first-order chi connectivity index (χ1) is 8.67. The Hall–Kier alpha value is -1.08. The van der Waals surface area contributed by atoms with Crippen LogP contribution in [0, 0.1) is 0 Å². The van der Waals surface area contributed by atoms with E-state index in [1.54, 1.807) is 11.9 Å². The Morgan fingerprint density at radius 1 is 1.37 bits per heavy atom. The lowest BCUT2D eigenvalue weighted by molar-refractivity contribution is -0.134. The van der Waals surface area contributed by atoms with Crippen LogP contribution in [-0.4, -0.2) is 66.7 Å². The molecule has 6 nitrogen and oxygen atoms in total. The summed E-state index contributed by atoms with van der Waals surface area (Å²) in [5.74, 6) is -0.115. The second kappa shape index (κ2) is 4.21. The van der Waals surface area contributed by atoms with Crippen molar-refractivity contribution in [1.82, 2.24) is 15.2 Å². The van der Waals surface area contributed by atoms with Crippen LogP contribution >= 0.6 is 11.6 Å². The maximum atomic E-state index is 12.3. The highest BCUT2D eigenvalue weighted by molar-refractivity contribution is 7.05. The van der Waals surface area contributed by atoms with Gasteiger partial charge in [0.25, 0.3) is 5.91 Å². The van der Waals surface area contributed by atoms with Crippen LogP contribution in [0.4, 0.5) is 4.79 Å². The molecule has 0 saturated carbocycles. The average Bonchev–Trinajstić information content (AvgIpc) is 2.74. The lowest BCUT2D eigenvalue weighted by Gasteiger charge is -2.49. The van der Waals surface area contributed by atoms with Gasteiger partial charge in [0.2, 0.25) is 0 Å². The van der Waals surface area contributed by atoms with Crippen molar-refractivity contribution >= 4 is 36.9 Å². The molecule has 0 aliphatic carbocycles. The van der Waals surface area contributed by atoms with Gasteiger partial charge in [-0.1, -0.05) is 19.6 Å². The van der Waals surface area contributed by atoms with Gasteiger partial charge in [-0.15, -0.1) is 11.6 Å². The number of alkyl halides is 1. The second-order valence-electron chi connectivity index (χ2n) is 6.07. The molecule has 0 aromatic heterocycles. The molecule has 0 aromatic rings. The maximum Gasteiger partial charge on any atom is 0.327 e. The minimum absolute atomic E-state index is 0.162. The van der Waals surface area contributed by atoms with E-state index < -0.39 is 19.7 Å². The predicted molar refractivity (Wildman–Crippen MR) is 77.1 cm³/mol. The van der Waals surface area contributed by atoms with Gasteiger partial charge in [-0.25, -0.2) is 4.79 Å². The van der Waals surface area contributed by atoms with Gasteiger partial charge in [-0.05, 0) is 0 Å². The van der Waals surface area contributed by atoms with Gasteiger partial charge in [-0.2, -0.15) is 5.10 Å². The van der Waals surface area contributed by atoms with Crippen LogP contribution in [0.5, 0.6) is 0 Å². The molecule has 0 unspecified atom stereocenters. The molecule has 0 bridgehead atoms. The molecular formula is C11H19ClN4O2Si. The Balaban J connectivity index is 2.58. The lowest BCUT2D eigenvalue weighted by atomic mass is 9.89. The third kappa shape index (κ3) is 1.71. The number of carbonyl (C=O) groups is 2. The molecule has 0 aromatic carbocycles. The summed E-state index contributed by atoms with van der Waals surface area (Å²) >= 11 is 6.18. The standard InChI is InChI=1S/C11H19ClN4O2Si/c1-15-8(17)7-11(6-12,16(2)10(15)18)9(14-13-7)19(3,4)5/h7,13H,6H2,1-5H3/t7-,11+/m1/s1. The molecule has 106 valence electrons. The van der Waals surface area contributed by atoms with Crippen LogP contribution in [0.2, 0.25) is 19.6 Å². The van der Waals surface area contributed by atoms with Crippen LogP contribution in [0.1, 0.15) is 0 Å². The van der Waals surface area contributed by atoms with E-state index in [0.29, 0.717) is 0 Å².